The molecule has 1 aliphatic rings. The Balaban J connectivity index is 1.79. The van der Waals surface area contributed by atoms with Gasteiger partial charge in [-0.2, -0.15) is 0 Å². The Kier molecular flexibility index (Phi) is 7.12. The maximum Gasteiger partial charge on any atom is 0.246 e. The first kappa shape index (κ1) is 24.1. The molecule has 0 spiro atoms. The molecule has 1 saturated carbocycles. The molecule has 0 unspecified atom stereocenters. The molecular weight excluding hydrogens is 426 g/mol. The molecule has 1 amide bonds. The molecule has 34 heavy (non-hydrogen) atoms. The number of aromatic nitrogens is 4. The summed E-state index contributed by atoms with van der Waals surface area (Å²) >= 11 is 0. The summed E-state index contributed by atoms with van der Waals surface area (Å²) in [5.41, 5.74) is 1.74. The molecule has 1 aromatic heterocycles. The van der Waals surface area contributed by atoms with Gasteiger partial charge in [0.25, 0.3) is 0 Å². The normalized spacial score (nSPS) is 20.9. The zero-order chi connectivity index (χ0) is 24.2. The Bertz CT molecular complexity index is 1030. The highest BCUT2D eigenvalue weighted by Gasteiger charge is 2.45. The van der Waals surface area contributed by atoms with Gasteiger partial charge in [0.05, 0.1) is 0 Å². The van der Waals surface area contributed by atoms with Gasteiger partial charge in [0, 0.05) is 7.11 Å². The number of nitrogens with zero attached hydrogens (tertiary/aromatic N) is 4. The van der Waals surface area contributed by atoms with Gasteiger partial charge < -0.3 is 10.1 Å². The summed E-state index contributed by atoms with van der Waals surface area (Å²) in [4.78, 5) is 12.8. The number of hydrogen-bond donors (Lipinski definition) is 1. The van der Waals surface area contributed by atoms with Crippen molar-refractivity contribution in [1.82, 2.24) is 25.5 Å². The summed E-state index contributed by atoms with van der Waals surface area (Å²) in [7, 11) is 1.54. The lowest BCUT2D eigenvalue weighted by Crippen LogP contribution is -2.52. The first-order valence-electron chi connectivity index (χ1n) is 12.0. The van der Waals surface area contributed by atoms with Crippen molar-refractivity contribution in [3.05, 3.63) is 77.6 Å². The van der Waals surface area contributed by atoms with Crippen LogP contribution in [0.5, 0.6) is 0 Å². The molecule has 0 radical (unpaired) electrons. The van der Waals surface area contributed by atoms with E-state index in [4.69, 9.17) is 4.74 Å². The summed E-state index contributed by atoms with van der Waals surface area (Å²) in [5, 5.41) is 16.4. The third kappa shape index (κ3) is 5.04. The predicted octanol–water partition coefficient (Wildman–Crippen LogP) is 4.51. The van der Waals surface area contributed by atoms with E-state index >= 15 is 0 Å². The van der Waals surface area contributed by atoms with E-state index in [1.54, 1.807) is 0 Å². The SMILES string of the molecule is COCC(=O)NC1(c2nnnn2C(c2ccccc2)c2ccccc2)CCC(C(C)(C)C)CC1. The number of hydrogen-bond acceptors (Lipinski definition) is 5. The molecule has 180 valence electrons. The van der Waals surface area contributed by atoms with E-state index in [0.29, 0.717) is 11.7 Å². The number of methoxy groups -OCH3 is 1. The van der Waals surface area contributed by atoms with Crippen LogP contribution in [-0.4, -0.2) is 39.8 Å². The van der Waals surface area contributed by atoms with Crippen molar-refractivity contribution in [3.63, 3.8) is 0 Å². The number of benzene rings is 2. The molecular formula is C27H35N5O2. The van der Waals surface area contributed by atoms with Crippen molar-refractivity contribution in [2.45, 2.75) is 58.0 Å². The number of amides is 1. The number of rotatable bonds is 7. The summed E-state index contributed by atoms with van der Waals surface area (Å²) in [6, 6.07) is 20.3. The van der Waals surface area contributed by atoms with Gasteiger partial charge in [-0.25, -0.2) is 4.68 Å². The van der Waals surface area contributed by atoms with Crippen LogP contribution < -0.4 is 5.32 Å². The second-order valence-electron chi connectivity index (χ2n) is 10.4. The second kappa shape index (κ2) is 10.1. The van der Waals surface area contributed by atoms with Gasteiger partial charge in [0.15, 0.2) is 5.82 Å². The lowest BCUT2D eigenvalue weighted by atomic mass is 9.67. The molecule has 4 rings (SSSR count). The highest BCUT2D eigenvalue weighted by molar-refractivity contribution is 5.78. The van der Waals surface area contributed by atoms with Crippen molar-refractivity contribution in [1.29, 1.82) is 0 Å². The van der Waals surface area contributed by atoms with Gasteiger partial charge in [0.1, 0.15) is 18.2 Å². The van der Waals surface area contributed by atoms with E-state index in [1.807, 2.05) is 41.1 Å². The number of ether oxygens (including phenoxy) is 1. The number of carbonyl (C=O) groups excluding carboxylic acids is 1. The smallest absolute Gasteiger partial charge is 0.246 e. The Labute approximate surface area is 201 Å². The standard InChI is InChI=1S/C27H35N5O2/c1-26(2,3)22-15-17-27(18-16-22,28-23(33)19-34-4)25-29-30-31-32(25)24(20-11-7-5-8-12-20)21-13-9-6-10-14-21/h5-14,22,24H,15-19H2,1-4H3,(H,28,33). The van der Waals surface area contributed by atoms with E-state index in [-0.39, 0.29) is 24.0 Å². The van der Waals surface area contributed by atoms with E-state index < -0.39 is 5.54 Å². The van der Waals surface area contributed by atoms with Crippen molar-refractivity contribution in [2.75, 3.05) is 13.7 Å². The molecule has 0 aliphatic heterocycles. The maximum absolute atomic E-state index is 12.8. The van der Waals surface area contributed by atoms with Crippen LogP contribution in [0.25, 0.3) is 0 Å². The molecule has 1 aliphatic carbocycles. The van der Waals surface area contributed by atoms with Crippen molar-refractivity contribution in [3.8, 4) is 0 Å². The topological polar surface area (TPSA) is 81.9 Å². The van der Waals surface area contributed by atoms with Crippen molar-refractivity contribution in [2.24, 2.45) is 11.3 Å². The van der Waals surface area contributed by atoms with Gasteiger partial charge in [-0.15, -0.1) is 5.10 Å². The van der Waals surface area contributed by atoms with Crippen LogP contribution in [0.4, 0.5) is 0 Å². The summed E-state index contributed by atoms with van der Waals surface area (Å²) < 4.78 is 7.03. The highest BCUT2D eigenvalue weighted by Crippen LogP contribution is 2.45. The Morgan fingerprint density at radius 3 is 2.12 bits per heavy atom. The number of tetrazole rings is 1. The summed E-state index contributed by atoms with van der Waals surface area (Å²) in [6.45, 7) is 6.88. The maximum atomic E-state index is 12.8. The molecule has 7 nitrogen and oxygen atoms in total. The first-order chi connectivity index (χ1) is 16.3. The van der Waals surface area contributed by atoms with Crippen LogP contribution in [-0.2, 0) is 15.1 Å². The van der Waals surface area contributed by atoms with Gasteiger partial charge in [-0.05, 0) is 58.6 Å². The summed E-state index contributed by atoms with van der Waals surface area (Å²) in [5.74, 6) is 1.12. The third-order valence-corrected chi connectivity index (χ3v) is 7.11. The minimum Gasteiger partial charge on any atom is -0.375 e. The first-order valence-corrected chi connectivity index (χ1v) is 12.0. The largest absolute Gasteiger partial charge is 0.375 e. The van der Waals surface area contributed by atoms with E-state index in [2.05, 4.69) is 65.9 Å². The minimum absolute atomic E-state index is 0.00676. The lowest BCUT2D eigenvalue weighted by molar-refractivity contribution is -0.127. The van der Waals surface area contributed by atoms with Gasteiger partial charge in [-0.3, -0.25) is 4.79 Å². The molecule has 2 aromatic carbocycles. The molecule has 0 saturated heterocycles. The fraction of sp³-hybridized carbons (Fsp3) is 0.481. The average molecular weight is 462 g/mol. The lowest BCUT2D eigenvalue weighted by Gasteiger charge is -2.44. The van der Waals surface area contributed by atoms with Crippen molar-refractivity contribution < 1.29 is 9.53 Å². The van der Waals surface area contributed by atoms with Gasteiger partial charge >= 0.3 is 0 Å². The Hall–Kier alpha value is -3.06. The fourth-order valence-electron chi connectivity index (χ4n) is 5.24. The van der Waals surface area contributed by atoms with E-state index in [1.165, 1.54) is 7.11 Å². The number of carbonyl (C=O) groups is 1. The summed E-state index contributed by atoms with van der Waals surface area (Å²) in [6.07, 6.45) is 3.54. The zero-order valence-corrected chi connectivity index (χ0v) is 20.6. The van der Waals surface area contributed by atoms with Crippen molar-refractivity contribution >= 4 is 5.91 Å². The average Bonchev–Trinajstić information content (AvgIpc) is 3.31. The second-order valence-corrected chi connectivity index (χ2v) is 10.4. The van der Waals surface area contributed by atoms with Crippen LogP contribution in [0, 0.1) is 11.3 Å². The molecule has 0 bridgehead atoms. The zero-order valence-electron chi connectivity index (χ0n) is 20.6. The molecule has 1 fully saturated rings. The van der Waals surface area contributed by atoms with E-state index in [0.717, 1.165) is 36.8 Å². The van der Waals surface area contributed by atoms with Gasteiger partial charge in [0.2, 0.25) is 5.91 Å². The monoisotopic (exact) mass is 461 g/mol. The molecule has 3 aromatic rings. The molecule has 0 atom stereocenters. The van der Waals surface area contributed by atoms with Gasteiger partial charge in [-0.1, -0.05) is 81.4 Å². The molecule has 7 heteroatoms. The predicted molar refractivity (Wildman–Crippen MR) is 131 cm³/mol. The van der Waals surface area contributed by atoms with Crippen LogP contribution in [0.1, 0.15) is 69.4 Å². The molecule has 1 N–H and O–H groups in total. The van der Waals surface area contributed by atoms with Crippen LogP contribution in [0.3, 0.4) is 0 Å². The van der Waals surface area contributed by atoms with Crippen LogP contribution in [0.2, 0.25) is 0 Å². The van der Waals surface area contributed by atoms with Crippen LogP contribution in [0.15, 0.2) is 60.7 Å². The quantitative estimate of drug-likeness (QED) is 0.560. The number of nitrogens with one attached hydrogen (secondary N) is 1. The minimum atomic E-state index is -0.650. The third-order valence-electron chi connectivity index (χ3n) is 7.11. The molecule has 1 heterocycles. The van der Waals surface area contributed by atoms with E-state index in [9.17, 15) is 4.79 Å². The van der Waals surface area contributed by atoms with Crippen LogP contribution >= 0.6 is 0 Å². The highest BCUT2D eigenvalue weighted by atomic mass is 16.5. The Morgan fingerprint density at radius 2 is 1.62 bits per heavy atom. The Morgan fingerprint density at radius 1 is 1.06 bits per heavy atom. The fourth-order valence-corrected chi connectivity index (χ4v) is 5.24.